The Morgan fingerprint density at radius 2 is 1.62 bits per heavy atom. The highest BCUT2D eigenvalue weighted by molar-refractivity contribution is 5.13. The van der Waals surface area contributed by atoms with Crippen LogP contribution in [0.15, 0.2) is 0 Å². The molecule has 11 atom stereocenters. The van der Waals surface area contributed by atoms with Crippen LogP contribution in [0.5, 0.6) is 0 Å². The molecule has 4 aliphatic carbocycles. The molecule has 0 spiro atoms. The van der Waals surface area contributed by atoms with Crippen LogP contribution in [0.3, 0.4) is 0 Å². The van der Waals surface area contributed by atoms with Gasteiger partial charge in [-0.1, -0.05) is 34.1 Å². The monoisotopic (exact) mass is 406 g/mol. The van der Waals surface area contributed by atoms with Crippen molar-refractivity contribution in [2.75, 3.05) is 6.61 Å². The summed E-state index contributed by atoms with van der Waals surface area (Å²) < 4.78 is 0. The summed E-state index contributed by atoms with van der Waals surface area (Å²) in [5, 5.41) is 31.4. The molecule has 3 N–H and O–H groups in total. The maximum Gasteiger partial charge on any atom is 0.0605 e. The van der Waals surface area contributed by atoms with Crippen LogP contribution in [-0.4, -0.2) is 34.1 Å². The maximum absolute atomic E-state index is 11.7. The first-order valence-electron chi connectivity index (χ1n) is 12.7. The van der Waals surface area contributed by atoms with Gasteiger partial charge in [-0.3, -0.25) is 0 Å². The van der Waals surface area contributed by atoms with E-state index in [2.05, 4.69) is 27.7 Å². The lowest BCUT2D eigenvalue weighted by molar-refractivity contribution is -0.203. The second-order valence-corrected chi connectivity index (χ2v) is 12.0. The van der Waals surface area contributed by atoms with Gasteiger partial charge < -0.3 is 15.3 Å². The van der Waals surface area contributed by atoms with Crippen molar-refractivity contribution in [3.8, 4) is 0 Å². The Bertz CT molecular complexity index is 578. The van der Waals surface area contributed by atoms with E-state index < -0.39 is 0 Å². The first-order valence-corrected chi connectivity index (χ1v) is 12.7. The molecule has 4 rings (SSSR count). The summed E-state index contributed by atoms with van der Waals surface area (Å²) in [6.07, 6.45) is 10.9. The largest absolute Gasteiger partial charge is 0.396 e. The Hall–Kier alpha value is -0.120. The summed E-state index contributed by atoms with van der Waals surface area (Å²) in [7, 11) is 0. The summed E-state index contributed by atoms with van der Waals surface area (Å²) in [5.74, 6) is 3.97. The Morgan fingerprint density at radius 1 is 0.931 bits per heavy atom. The third-order valence-corrected chi connectivity index (χ3v) is 11.0. The third-order valence-electron chi connectivity index (χ3n) is 11.0. The van der Waals surface area contributed by atoms with E-state index >= 15 is 0 Å². The number of aliphatic hydroxyl groups excluding tert-OH is 3. The van der Waals surface area contributed by atoms with Crippen LogP contribution in [0.1, 0.15) is 91.9 Å². The summed E-state index contributed by atoms with van der Waals surface area (Å²) in [5.41, 5.74) is 0.651. The molecule has 0 bridgehead atoms. The summed E-state index contributed by atoms with van der Waals surface area (Å²) in [4.78, 5) is 0. The molecule has 4 fully saturated rings. The number of hydrogen-bond acceptors (Lipinski definition) is 3. The molecule has 0 aromatic rings. The minimum absolute atomic E-state index is 0.164. The van der Waals surface area contributed by atoms with Crippen molar-refractivity contribution in [3.05, 3.63) is 0 Å². The molecular formula is C26H46O3. The van der Waals surface area contributed by atoms with Crippen LogP contribution in [0, 0.1) is 52.3 Å². The fourth-order valence-corrected chi connectivity index (χ4v) is 9.55. The molecule has 0 saturated heterocycles. The Labute approximate surface area is 178 Å². The van der Waals surface area contributed by atoms with Gasteiger partial charge in [0.15, 0.2) is 0 Å². The minimum Gasteiger partial charge on any atom is -0.396 e. The highest BCUT2D eigenvalue weighted by atomic mass is 16.3. The van der Waals surface area contributed by atoms with E-state index in [1.54, 1.807) is 0 Å². The Kier molecular flexibility index (Phi) is 6.17. The first kappa shape index (κ1) is 22.1. The van der Waals surface area contributed by atoms with Gasteiger partial charge in [-0.2, -0.15) is 0 Å². The van der Waals surface area contributed by atoms with Gasteiger partial charge in [-0.05, 0) is 110 Å². The number of hydrogen-bond donors (Lipinski definition) is 3. The molecule has 0 aromatic carbocycles. The predicted octanol–water partition coefficient (Wildman–Crippen LogP) is 5.02. The average Bonchev–Trinajstić information content (AvgIpc) is 3.05. The van der Waals surface area contributed by atoms with E-state index in [4.69, 9.17) is 0 Å². The van der Waals surface area contributed by atoms with Gasteiger partial charge in [0.25, 0.3) is 0 Å². The van der Waals surface area contributed by atoms with Gasteiger partial charge in [0, 0.05) is 6.61 Å². The maximum atomic E-state index is 11.7. The van der Waals surface area contributed by atoms with Gasteiger partial charge in [-0.15, -0.1) is 0 Å². The lowest BCUT2D eigenvalue weighted by Crippen LogP contribution is -2.62. The topological polar surface area (TPSA) is 60.7 Å². The number of aliphatic hydroxyl groups is 3. The zero-order chi connectivity index (χ0) is 21.0. The molecule has 0 aromatic heterocycles. The molecule has 3 nitrogen and oxygen atoms in total. The Balaban J connectivity index is 1.63. The summed E-state index contributed by atoms with van der Waals surface area (Å²) >= 11 is 0. The van der Waals surface area contributed by atoms with E-state index in [-0.39, 0.29) is 12.2 Å². The first-order chi connectivity index (χ1) is 13.8. The molecular weight excluding hydrogens is 360 g/mol. The van der Waals surface area contributed by atoms with Crippen molar-refractivity contribution < 1.29 is 15.3 Å². The zero-order valence-corrected chi connectivity index (χ0v) is 19.3. The third kappa shape index (κ3) is 3.33. The van der Waals surface area contributed by atoms with Gasteiger partial charge in [0.1, 0.15) is 0 Å². The number of fused-ring (bicyclic) bond motifs is 5. The molecule has 4 saturated carbocycles. The van der Waals surface area contributed by atoms with Gasteiger partial charge in [0.05, 0.1) is 12.2 Å². The fraction of sp³-hybridized carbons (Fsp3) is 1.00. The molecule has 0 heterocycles. The van der Waals surface area contributed by atoms with Crippen LogP contribution in [-0.2, 0) is 0 Å². The lowest BCUT2D eigenvalue weighted by atomic mass is 9.41. The highest BCUT2D eigenvalue weighted by Crippen LogP contribution is 2.69. The molecule has 168 valence electrons. The van der Waals surface area contributed by atoms with E-state index in [9.17, 15) is 15.3 Å². The second-order valence-electron chi connectivity index (χ2n) is 12.0. The van der Waals surface area contributed by atoms with Crippen molar-refractivity contribution in [3.63, 3.8) is 0 Å². The van der Waals surface area contributed by atoms with Crippen LogP contribution < -0.4 is 0 Å². The lowest BCUT2D eigenvalue weighted by Gasteiger charge is -2.64. The SMILES string of the molecule is CC[C@@H]1[C@@H](O)[C@@H]2[C@H](CC[C@]3(C)[C@@H](C(C)CCCO)CC[C@@H]23)[C@@]2(C)CC[C@H](O)C[C@@H]12. The van der Waals surface area contributed by atoms with Crippen molar-refractivity contribution in [2.45, 2.75) is 104 Å². The molecule has 0 radical (unpaired) electrons. The molecule has 1 unspecified atom stereocenters. The van der Waals surface area contributed by atoms with E-state index in [0.29, 0.717) is 52.9 Å². The van der Waals surface area contributed by atoms with E-state index in [1.807, 2.05) is 0 Å². The predicted molar refractivity (Wildman–Crippen MR) is 117 cm³/mol. The fourth-order valence-electron chi connectivity index (χ4n) is 9.55. The molecule has 0 aliphatic heterocycles. The van der Waals surface area contributed by atoms with Crippen molar-refractivity contribution in [1.82, 2.24) is 0 Å². The van der Waals surface area contributed by atoms with E-state index in [0.717, 1.165) is 44.4 Å². The zero-order valence-electron chi connectivity index (χ0n) is 19.3. The normalized spacial score (nSPS) is 53.1. The molecule has 3 heteroatoms. The second kappa shape index (κ2) is 8.10. The summed E-state index contributed by atoms with van der Waals surface area (Å²) in [6, 6.07) is 0. The molecule has 29 heavy (non-hydrogen) atoms. The Morgan fingerprint density at radius 3 is 2.31 bits per heavy atom. The van der Waals surface area contributed by atoms with Crippen LogP contribution in [0.4, 0.5) is 0 Å². The van der Waals surface area contributed by atoms with Gasteiger partial charge >= 0.3 is 0 Å². The standard InChI is InChI=1S/C26H46O3/c1-5-18-22-15-17(28)10-12-26(22,4)21-11-13-25(3)19(16(2)7-6-14-27)8-9-20(25)23(21)24(18)29/h16-24,27-29H,5-15H2,1-4H3/t16?,17-,18-,19+,20-,21-,22-,23-,24+,25+,26+/m0/s1. The van der Waals surface area contributed by atoms with E-state index in [1.165, 1.54) is 25.7 Å². The minimum atomic E-state index is -0.190. The van der Waals surface area contributed by atoms with Crippen LogP contribution >= 0.6 is 0 Å². The quantitative estimate of drug-likeness (QED) is 0.601. The van der Waals surface area contributed by atoms with Gasteiger partial charge in [0.2, 0.25) is 0 Å². The average molecular weight is 407 g/mol. The van der Waals surface area contributed by atoms with Crippen molar-refractivity contribution in [1.29, 1.82) is 0 Å². The van der Waals surface area contributed by atoms with Crippen molar-refractivity contribution in [2.24, 2.45) is 52.3 Å². The molecule has 0 amide bonds. The van der Waals surface area contributed by atoms with Crippen LogP contribution in [0.2, 0.25) is 0 Å². The van der Waals surface area contributed by atoms with Gasteiger partial charge in [-0.25, -0.2) is 0 Å². The highest BCUT2D eigenvalue weighted by Gasteiger charge is 2.64. The molecule has 4 aliphatic rings. The smallest absolute Gasteiger partial charge is 0.0605 e. The van der Waals surface area contributed by atoms with Crippen molar-refractivity contribution >= 4 is 0 Å². The van der Waals surface area contributed by atoms with Crippen LogP contribution in [0.25, 0.3) is 0 Å². The summed E-state index contributed by atoms with van der Waals surface area (Å²) in [6.45, 7) is 10.0. The number of rotatable bonds is 5.